The summed E-state index contributed by atoms with van der Waals surface area (Å²) in [6.45, 7) is 0.203. The summed E-state index contributed by atoms with van der Waals surface area (Å²) in [4.78, 5) is 3.81. The maximum atomic E-state index is 13.1. The number of phenols is 1. The van der Waals surface area contributed by atoms with E-state index in [9.17, 15) is 8.78 Å². The van der Waals surface area contributed by atoms with Gasteiger partial charge in [0.2, 0.25) is 0 Å². The molecule has 0 bridgehead atoms. The van der Waals surface area contributed by atoms with E-state index in [0.717, 1.165) is 12.1 Å². The SMILES string of the molecule is Oc1c(F)cc(CNc2ccnc(Cl)c2)cc1F. The average Bonchev–Trinajstić information content (AvgIpc) is 2.33. The lowest BCUT2D eigenvalue weighted by Crippen LogP contribution is -2.01. The first kappa shape index (κ1) is 12.6. The molecule has 1 aromatic heterocycles. The Hall–Kier alpha value is -1.88. The highest BCUT2D eigenvalue weighted by atomic mass is 35.5. The fraction of sp³-hybridized carbons (Fsp3) is 0.0833. The Morgan fingerprint density at radius 1 is 1.22 bits per heavy atom. The third-order valence-electron chi connectivity index (χ3n) is 2.30. The van der Waals surface area contributed by atoms with Gasteiger partial charge in [-0.15, -0.1) is 0 Å². The summed E-state index contributed by atoms with van der Waals surface area (Å²) in [7, 11) is 0. The summed E-state index contributed by atoms with van der Waals surface area (Å²) in [5.74, 6) is -2.94. The largest absolute Gasteiger partial charge is 0.503 e. The van der Waals surface area contributed by atoms with Crippen LogP contribution in [0.5, 0.6) is 5.75 Å². The van der Waals surface area contributed by atoms with Crippen LogP contribution in [0.1, 0.15) is 5.56 Å². The van der Waals surface area contributed by atoms with Gasteiger partial charge in [-0.1, -0.05) is 11.6 Å². The smallest absolute Gasteiger partial charge is 0.187 e. The van der Waals surface area contributed by atoms with Crippen molar-refractivity contribution in [2.75, 3.05) is 5.32 Å². The van der Waals surface area contributed by atoms with Crippen molar-refractivity contribution in [2.45, 2.75) is 6.54 Å². The summed E-state index contributed by atoms with van der Waals surface area (Å²) in [5, 5.41) is 12.2. The van der Waals surface area contributed by atoms with Crippen LogP contribution in [0.4, 0.5) is 14.5 Å². The second-order valence-electron chi connectivity index (χ2n) is 3.63. The minimum atomic E-state index is -0.987. The van der Waals surface area contributed by atoms with Crippen LogP contribution in [-0.2, 0) is 6.54 Å². The van der Waals surface area contributed by atoms with E-state index in [-0.39, 0.29) is 6.54 Å². The number of aromatic nitrogens is 1. The molecule has 0 saturated heterocycles. The number of hydrogen-bond donors (Lipinski definition) is 2. The van der Waals surface area contributed by atoms with Crippen LogP contribution in [0.15, 0.2) is 30.5 Å². The highest BCUT2D eigenvalue weighted by Gasteiger charge is 2.09. The Morgan fingerprint density at radius 2 is 1.89 bits per heavy atom. The molecular weight excluding hydrogens is 262 g/mol. The van der Waals surface area contributed by atoms with E-state index >= 15 is 0 Å². The van der Waals surface area contributed by atoms with Gasteiger partial charge >= 0.3 is 0 Å². The monoisotopic (exact) mass is 270 g/mol. The Balaban J connectivity index is 2.11. The lowest BCUT2D eigenvalue weighted by Gasteiger charge is -2.07. The van der Waals surface area contributed by atoms with Gasteiger partial charge in [0.15, 0.2) is 17.4 Å². The molecule has 0 aliphatic rings. The van der Waals surface area contributed by atoms with Crippen molar-refractivity contribution in [3.8, 4) is 5.75 Å². The molecule has 0 radical (unpaired) electrons. The number of benzene rings is 1. The molecule has 94 valence electrons. The molecule has 0 atom stereocenters. The zero-order valence-electron chi connectivity index (χ0n) is 9.12. The molecule has 1 heterocycles. The van der Waals surface area contributed by atoms with Crippen molar-refractivity contribution in [3.05, 3.63) is 52.8 Å². The van der Waals surface area contributed by atoms with E-state index in [4.69, 9.17) is 16.7 Å². The van der Waals surface area contributed by atoms with Crippen molar-refractivity contribution >= 4 is 17.3 Å². The van der Waals surface area contributed by atoms with Crippen LogP contribution >= 0.6 is 11.6 Å². The molecule has 3 nitrogen and oxygen atoms in total. The number of nitrogens with one attached hydrogen (secondary N) is 1. The molecule has 0 spiro atoms. The van der Waals surface area contributed by atoms with Gasteiger partial charge in [-0.2, -0.15) is 0 Å². The van der Waals surface area contributed by atoms with Crippen molar-refractivity contribution in [1.82, 2.24) is 4.98 Å². The minimum absolute atomic E-state index is 0.203. The first-order chi connectivity index (χ1) is 8.56. The van der Waals surface area contributed by atoms with Crippen molar-refractivity contribution in [2.24, 2.45) is 0 Å². The lowest BCUT2D eigenvalue weighted by atomic mass is 10.2. The molecule has 0 saturated carbocycles. The Kier molecular flexibility index (Phi) is 3.62. The molecule has 0 fully saturated rings. The van der Waals surface area contributed by atoms with E-state index in [0.29, 0.717) is 16.4 Å². The number of aromatic hydroxyl groups is 1. The predicted molar refractivity (Wildman–Crippen MR) is 64.6 cm³/mol. The van der Waals surface area contributed by atoms with Crippen LogP contribution in [0.3, 0.4) is 0 Å². The fourth-order valence-corrected chi connectivity index (χ4v) is 1.61. The Bertz CT molecular complexity index is 555. The zero-order valence-corrected chi connectivity index (χ0v) is 9.88. The molecule has 0 aliphatic heterocycles. The summed E-state index contributed by atoms with van der Waals surface area (Å²) in [6, 6.07) is 5.40. The summed E-state index contributed by atoms with van der Waals surface area (Å²) >= 11 is 5.69. The third-order valence-corrected chi connectivity index (χ3v) is 2.51. The molecular formula is C12H9ClF2N2O. The van der Waals surface area contributed by atoms with Gasteiger partial charge in [-0.25, -0.2) is 13.8 Å². The molecule has 0 amide bonds. The van der Waals surface area contributed by atoms with Gasteiger partial charge in [0.05, 0.1) is 0 Å². The average molecular weight is 271 g/mol. The molecule has 6 heteroatoms. The van der Waals surface area contributed by atoms with Crippen LogP contribution in [-0.4, -0.2) is 10.1 Å². The van der Waals surface area contributed by atoms with E-state index in [2.05, 4.69) is 10.3 Å². The standard InChI is InChI=1S/C12H9ClF2N2O/c13-11-5-8(1-2-16-11)17-6-7-3-9(14)12(18)10(15)4-7/h1-5,18H,6H2,(H,16,17). The molecule has 2 rings (SSSR count). The topological polar surface area (TPSA) is 45.1 Å². The molecule has 2 aromatic rings. The molecule has 18 heavy (non-hydrogen) atoms. The second-order valence-corrected chi connectivity index (χ2v) is 4.02. The zero-order chi connectivity index (χ0) is 13.1. The highest BCUT2D eigenvalue weighted by Crippen LogP contribution is 2.22. The fourth-order valence-electron chi connectivity index (χ4n) is 1.44. The Morgan fingerprint density at radius 3 is 2.50 bits per heavy atom. The van der Waals surface area contributed by atoms with E-state index in [1.165, 1.54) is 6.20 Å². The predicted octanol–water partition coefficient (Wildman–Crippen LogP) is 3.33. The Labute approximate surface area is 107 Å². The van der Waals surface area contributed by atoms with Gasteiger partial charge < -0.3 is 10.4 Å². The number of nitrogens with zero attached hydrogens (tertiary/aromatic N) is 1. The van der Waals surface area contributed by atoms with Gasteiger partial charge in [-0.3, -0.25) is 0 Å². The van der Waals surface area contributed by atoms with E-state index in [1.54, 1.807) is 12.1 Å². The van der Waals surface area contributed by atoms with Gasteiger partial charge in [0.1, 0.15) is 5.15 Å². The van der Waals surface area contributed by atoms with Crippen molar-refractivity contribution in [3.63, 3.8) is 0 Å². The summed E-state index contributed by atoms with van der Waals surface area (Å²) in [6.07, 6.45) is 1.52. The van der Waals surface area contributed by atoms with Crippen LogP contribution in [0.25, 0.3) is 0 Å². The minimum Gasteiger partial charge on any atom is -0.503 e. The number of halogens is 3. The van der Waals surface area contributed by atoms with Gasteiger partial charge in [0, 0.05) is 18.4 Å². The van der Waals surface area contributed by atoms with Crippen LogP contribution < -0.4 is 5.32 Å². The second kappa shape index (κ2) is 5.18. The van der Waals surface area contributed by atoms with Crippen LogP contribution in [0.2, 0.25) is 5.15 Å². The van der Waals surface area contributed by atoms with Gasteiger partial charge in [0.25, 0.3) is 0 Å². The maximum absolute atomic E-state index is 13.1. The van der Waals surface area contributed by atoms with Gasteiger partial charge in [-0.05, 0) is 29.8 Å². The number of hydrogen-bond acceptors (Lipinski definition) is 3. The number of anilines is 1. The maximum Gasteiger partial charge on any atom is 0.187 e. The first-order valence-electron chi connectivity index (χ1n) is 5.08. The number of phenolic OH excluding ortho intramolecular Hbond substituents is 1. The molecule has 1 aromatic carbocycles. The lowest BCUT2D eigenvalue weighted by molar-refractivity contribution is 0.395. The normalized spacial score (nSPS) is 10.4. The number of pyridine rings is 1. The molecule has 0 aliphatic carbocycles. The highest BCUT2D eigenvalue weighted by molar-refractivity contribution is 6.29. The molecule has 0 unspecified atom stereocenters. The quantitative estimate of drug-likeness (QED) is 0.841. The van der Waals surface area contributed by atoms with Crippen molar-refractivity contribution < 1.29 is 13.9 Å². The van der Waals surface area contributed by atoms with E-state index in [1.807, 2.05) is 0 Å². The third kappa shape index (κ3) is 2.87. The van der Waals surface area contributed by atoms with E-state index < -0.39 is 17.4 Å². The summed E-state index contributed by atoms with van der Waals surface area (Å²) in [5.41, 5.74) is 1.06. The summed E-state index contributed by atoms with van der Waals surface area (Å²) < 4.78 is 26.2. The van der Waals surface area contributed by atoms with Crippen LogP contribution in [0, 0.1) is 11.6 Å². The molecule has 2 N–H and O–H groups in total. The number of rotatable bonds is 3. The first-order valence-corrected chi connectivity index (χ1v) is 5.46. The van der Waals surface area contributed by atoms with Crippen molar-refractivity contribution in [1.29, 1.82) is 0 Å².